The zero-order chi connectivity index (χ0) is 12.8. The molecular formula is C14H14N2O2. The zero-order valence-electron chi connectivity index (χ0n) is 9.84. The van der Waals surface area contributed by atoms with Crippen LogP contribution in [0.2, 0.25) is 0 Å². The van der Waals surface area contributed by atoms with Crippen LogP contribution >= 0.6 is 0 Å². The van der Waals surface area contributed by atoms with Gasteiger partial charge in [0.1, 0.15) is 6.04 Å². The van der Waals surface area contributed by atoms with E-state index in [-0.39, 0.29) is 0 Å². The molecule has 2 aromatic rings. The highest BCUT2D eigenvalue weighted by molar-refractivity contribution is 5.88. The van der Waals surface area contributed by atoms with E-state index < -0.39 is 17.4 Å². The summed E-state index contributed by atoms with van der Waals surface area (Å²) < 4.78 is 0. The Kier molecular flexibility index (Phi) is 2.35. The Morgan fingerprint density at radius 1 is 1.39 bits per heavy atom. The smallest absolute Gasteiger partial charge is 0.321 e. The van der Waals surface area contributed by atoms with Crippen LogP contribution in [-0.2, 0) is 10.2 Å². The predicted molar refractivity (Wildman–Crippen MR) is 68.3 cm³/mol. The van der Waals surface area contributed by atoms with Gasteiger partial charge in [0.2, 0.25) is 0 Å². The highest BCUT2D eigenvalue weighted by Gasteiger charge is 2.52. The van der Waals surface area contributed by atoms with Crippen molar-refractivity contribution in [2.24, 2.45) is 5.73 Å². The summed E-state index contributed by atoms with van der Waals surface area (Å²) in [6.45, 7) is 0. The molecule has 1 aliphatic carbocycles. The molecule has 4 nitrogen and oxygen atoms in total. The van der Waals surface area contributed by atoms with E-state index >= 15 is 0 Å². The van der Waals surface area contributed by atoms with Crippen molar-refractivity contribution in [3.63, 3.8) is 0 Å². The Balaban J connectivity index is 2.18. The van der Waals surface area contributed by atoms with Crippen molar-refractivity contribution in [1.29, 1.82) is 0 Å². The number of aromatic nitrogens is 1. The fourth-order valence-corrected chi connectivity index (χ4v) is 2.68. The minimum Gasteiger partial charge on any atom is -0.480 e. The number of fused-ring (bicyclic) bond motifs is 1. The largest absolute Gasteiger partial charge is 0.480 e. The average Bonchev–Trinajstić information content (AvgIpc) is 3.18. The van der Waals surface area contributed by atoms with Gasteiger partial charge in [-0.25, -0.2) is 0 Å². The van der Waals surface area contributed by atoms with Gasteiger partial charge in [-0.2, -0.15) is 0 Å². The molecule has 0 radical (unpaired) electrons. The number of benzene rings is 1. The first kappa shape index (κ1) is 11.2. The monoisotopic (exact) mass is 242 g/mol. The summed E-state index contributed by atoms with van der Waals surface area (Å²) in [6, 6.07) is 7.00. The van der Waals surface area contributed by atoms with E-state index in [4.69, 9.17) is 10.8 Å². The van der Waals surface area contributed by atoms with Crippen LogP contribution in [0.25, 0.3) is 10.8 Å². The van der Waals surface area contributed by atoms with Crippen molar-refractivity contribution >= 4 is 16.7 Å². The van der Waals surface area contributed by atoms with Gasteiger partial charge in [-0.05, 0) is 29.9 Å². The molecule has 0 aliphatic heterocycles. The first-order chi connectivity index (χ1) is 8.65. The first-order valence-corrected chi connectivity index (χ1v) is 5.97. The topological polar surface area (TPSA) is 76.2 Å². The number of rotatable bonds is 3. The number of hydrogen-bond acceptors (Lipinski definition) is 3. The molecule has 1 aromatic heterocycles. The van der Waals surface area contributed by atoms with Crippen LogP contribution in [0.4, 0.5) is 0 Å². The summed E-state index contributed by atoms with van der Waals surface area (Å²) in [6.07, 6.45) is 5.19. The average molecular weight is 242 g/mol. The fourth-order valence-electron chi connectivity index (χ4n) is 2.68. The number of carboxylic acids is 1. The molecule has 1 fully saturated rings. The molecule has 1 aliphatic rings. The molecule has 1 heterocycles. The SMILES string of the molecule is NC(C(=O)O)C1(c2cccc3cnccc23)CC1. The van der Waals surface area contributed by atoms with Gasteiger partial charge in [0, 0.05) is 23.2 Å². The number of nitrogens with zero attached hydrogens (tertiary/aromatic N) is 1. The van der Waals surface area contributed by atoms with Crippen LogP contribution < -0.4 is 5.73 Å². The Bertz CT molecular complexity index is 615. The lowest BCUT2D eigenvalue weighted by atomic mass is 9.85. The molecule has 92 valence electrons. The Hall–Kier alpha value is -1.94. The molecular weight excluding hydrogens is 228 g/mol. The van der Waals surface area contributed by atoms with Crippen LogP contribution in [0.5, 0.6) is 0 Å². The van der Waals surface area contributed by atoms with E-state index in [1.54, 1.807) is 12.4 Å². The number of pyridine rings is 1. The van der Waals surface area contributed by atoms with Crippen molar-refractivity contribution < 1.29 is 9.90 Å². The molecule has 0 spiro atoms. The van der Waals surface area contributed by atoms with Gasteiger partial charge in [0.25, 0.3) is 0 Å². The van der Waals surface area contributed by atoms with Crippen molar-refractivity contribution in [3.05, 3.63) is 42.2 Å². The Morgan fingerprint density at radius 3 is 2.83 bits per heavy atom. The van der Waals surface area contributed by atoms with Gasteiger partial charge < -0.3 is 10.8 Å². The number of carboxylic acid groups (broad SMARTS) is 1. The van der Waals surface area contributed by atoms with E-state index in [9.17, 15) is 4.79 Å². The molecule has 0 amide bonds. The molecule has 3 N–H and O–H groups in total. The standard InChI is InChI=1S/C14H14N2O2/c15-12(13(17)18)14(5-6-14)11-3-1-2-9-8-16-7-4-10(9)11/h1-4,7-8,12H,5-6,15H2,(H,17,18). The first-order valence-electron chi connectivity index (χ1n) is 5.97. The van der Waals surface area contributed by atoms with E-state index in [0.717, 1.165) is 29.2 Å². The quantitative estimate of drug-likeness (QED) is 0.858. The van der Waals surface area contributed by atoms with E-state index in [1.807, 2.05) is 24.3 Å². The predicted octanol–water partition coefficient (Wildman–Crippen LogP) is 1.68. The van der Waals surface area contributed by atoms with Crippen LogP contribution in [0.3, 0.4) is 0 Å². The summed E-state index contributed by atoms with van der Waals surface area (Å²) in [5.74, 6) is -0.932. The second-order valence-electron chi connectivity index (χ2n) is 4.87. The maximum absolute atomic E-state index is 11.2. The van der Waals surface area contributed by atoms with Gasteiger partial charge in [-0.1, -0.05) is 18.2 Å². The summed E-state index contributed by atoms with van der Waals surface area (Å²) >= 11 is 0. The van der Waals surface area contributed by atoms with Crippen molar-refractivity contribution in [2.45, 2.75) is 24.3 Å². The zero-order valence-corrected chi connectivity index (χ0v) is 9.84. The molecule has 3 rings (SSSR count). The summed E-state index contributed by atoms with van der Waals surface area (Å²) in [7, 11) is 0. The normalized spacial score (nSPS) is 18.5. The van der Waals surface area contributed by atoms with Crippen LogP contribution in [0.15, 0.2) is 36.7 Å². The minimum absolute atomic E-state index is 0.396. The maximum atomic E-state index is 11.2. The molecule has 1 atom stereocenters. The van der Waals surface area contributed by atoms with Crippen molar-refractivity contribution in [3.8, 4) is 0 Å². The lowest BCUT2D eigenvalue weighted by Gasteiger charge is -2.21. The molecule has 1 saturated carbocycles. The van der Waals surface area contributed by atoms with Gasteiger partial charge in [0.15, 0.2) is 0 Å². The number of carbonyl (C=O) groups is 1. The lowest BCUT2D eigenvalue weighted by Crippen LogP contribution is -2.42. The molecule has 1 aromatic carbocycles. The number of aliphatic carboxylic acids is 1. The third kappa shape index (κ3) is 1.49. The summed E-state index contributed by atoms with van der Waals surface area (Å²) in [5, 5.41) is 11.2. The van der Waals surface area contributed by atoms with Gasteiger partial charge in [0.05, 0.1) is 0 Å². The second-order valence-corrected chi connectivity index (χ2v) is 4.87. The fraction of sp³-hybridized carbons (Fsp3) is 0.286. The summed E-state index contributed by atoms with van der Waals surface area (Å²) in [4.78, 5) is 15.2. The third-order valence-electron chi connectivity index (χ3n) is 3.87. The third-order valence-corrected chi connectivity index (χ3v) is 3.87. The minimum atomic E-state index is -0.932. The molecule has 0 saturated heterocycles. The number of nitrogens with two attached hydrogens (primary N) is 1. The van der Waals surface area contributed by atoms with Gasteiger partial charge in [-0.3, -0.25) is 9.78 Å². The molecule has 0 bridgehead atoms. The van der Waals surface area contributed by atoms with Crippen molar-refractivity contribution in [1.82, 2.24) is 4.98 Å². The molecule has 1 unspecified atom stereocenters. The lowest BCUT2D eigenvalue weighted by molar-refractivity contribution is -0.139. The Morgan fingerprint density at radius 2 is 2.17 bits per heavy atom. The maximum Gasteiger partial charge on any atom is 0.321 e. The second kappa shape index (κ2) is 3.78. The van der Waals surface area contributed by atoms with Crippen LogP contribution in [0.1, 0.15) is 18.4 Å². The highest BCUT2D eigenvalue weighted by atomic mass is 16.4. The van der Waals surface area contributed by atoms with E-state index in [2.05, 4.69) is 4.98 Å². The molecule has 4 heteroatoms. The van der Waals surface area contributed by atoms with Crippen LogP contribution in [0, 0.1) is 0 Å². The van der Waals surface area contributed by atoms with Gasteiger partial charge in [-0.15, -0.1) is 0 Å². The highest BCUT2D eigenvalue weighted by Crippen LogP contribution is 2.52. The summed E-state index contributed by atoms with van der Waals surface area (Å²) in [5.41, 5.74) is 6.51. The van der Waals surface area contributed by atoms with Crippen LogP contribution in [-0.4, -0.2) is 22.1 Å². The Labute approximate surface area is 104 Å². The number of hydrogen-bond donors (Lipinski definition) is 2. The van der Waals surface area contributed by atoms with Crippen molar-refractivity contribution in [2.75, 3.05) is 0 Å². The van der Waals surface area contributed by atoms with E-state index in [0.29, 0.717) is 0 Å². The van der Waals surface area contributed by atoms with E-state index in [1.165, 1.54) is 0 Å². The van der Waals surface area contributed by atoms with Gasteiger partial charge >= 0.3 is 5.97 Å². The molecule has 18 heavy (non-hydrogen) atoms.